The van der Waals surface area contributed by atoms with Gasteiger partial charge in [0.05, 0.1) is 29.4 Å². The molecule has 12 heteroatoms. The number of rotatable bonds is 7. The van der Waals surface area contributed by atoms with Crippen molar-refractivity contribution in [3.8, 4) is 17.2 Å². The molecule has 0 radical (unpaired) electrons. The summed E-state index contributed by atoms with van der Waals surface area (Å²) < 4.78 is 49.3. The number of carbonyl (C=O) groups is 1. The lowest BCUT2D eigenvalue weighted by molar-refractivity contribution is -0.385. The van der Waals surface area contributed by atoms with Gasteiger partial charge in [-0.25, -0.2) is 5.43 Å². The highest BCUT2D eigenvalue weighted by atomic mass is 19.4. The van der Waals surface area contributed by atoms with E-state index in [1.807, 2.05) is 0 Å². The van der Waals surface area contributed by atoms with Crippen molar-refractivity contribution >= 4 is 17.8 Å². The maximum atomic E-state index is 12.9. The number of nitro benzene ring substituents is 1. The quantitative estimate of drug-likeness (QED) is 0.314. The van der Waals surface area contributed by atoms with Gasteiger partial charge in [-0.3, -0.25) is 19.9 Å². The predicted octanol–water partition coefficient (Wildman–Crippen LogP) is 4.57. The average Bonchev–Trinajstić information content (AvgIpc) is 2.79. The Hall–Kier alpha value is -4.48. The minimum absolute atomic E-state index is 0.0249. The Morgan fingerprint density at radius 3 is 2.55 bits per heavy atom. The van der Waals surface area contributed by atoms with Gasteiger partial charge in [0.25, 0.3) is 5.91 Å². The fourth-order valence-electron chi connectivity index (χ4n) is 2.62. The van der Waals surface area contributed by atoms with Crippen LogP contribution >= 0.6 is 0 Å². The van der Waals surface area contributed by atoms with Crippen LogP contribution in [0.4, 0.5) is 18.9 Å². The number of ether oxygens (including phenoxy) is 2. The highest BCUT2D eigenvalue weighted by molar-refractivity contribution is 5.94. The second-order valence-corrected chi connectivity index (χ2v) is 6.39. The number of amides is 1. The maximum absolute atomic E-state index is 12.9. The van der Waals surface area contributed by atoms with E-state index in [-0.39, 0.29) is 11.5 Å². The Morgan fingerprint density at radius 2 is 1.91 bits per heavy atom. The topological polar surface area (TPSA) is 116 Å². The second kappa shape index (κ2) is 9.77. The molecule has 9 nitrogen and oxygen atoms in total. The molecule has 170 valence electrons. The van der Waals surface area contributed by atoms with Crippen LogP contribution in [0, 0.1) is 10.1 Å². The Balaban J connectivity index is 1.79. The SMILES string of the molecule is COc1cc(C=NNC(=O)c2cccnc2)ccc1Oc1ccc(C(F)(F)F)cc1[N+](=O)[O-]. The summed E-state index contributed by atoms with van der Waals surface area (Å²) in [5.41, 5.74) is 1.10. The average molecular weight is 460 g/mol. The number of pyridine rings is 1. The van der Waals surface area contributed by atoms with Crippen molar-refractivity contribution in [1.29, 1.82) is 0 Å². The molecule has 2 aromatic carbocycles. The van der Waals surface area contributed by atoms with E-state index in [0.29, 0.717) is 23.3 Å². The van der Waals surface area contributed by atoms with Crippen LogP contribution in [0.1, 0.15) is 21.5 Å². The Kier molecular flexibility index (Phi) is 6.86. The number of aromatic nitrogens is 1. The molecule has 0 bridgehead atoms. The summed E-state index contributed by atoms with van der Waals surface area (Å²) in [4.78, 5) is 26.1. The Morgan fingerprint density at radius 1 is 1.15 bits per heavy atom. The molecule has 1 heterocycles. The van der Waals surface area contributed by atoms with E-state index >= 15 is 0 Å². The van der Waals surface area contributed by atoms with E-state index < -0.39 is 34.0 Å². The molecule has 1 aromatic heterocycles. The van der Waals surface area contributed by atoms with E-state index in [9.17, 15) is 28.1 Å². The van der Waals surface area contributed by atoms with Crippen molar-refractivity contribution in [3.05, 3.63) is 87.7 Å². The minimum atomic E-state index is -4.74. The molecule has 0 aliphatic carbocycles. The maximum Gasteiger partial charge on any atom is 0.416 e. The third-order valence-corrected chi connectivity index (χ3v) is 4.19. The molecule has 0 fully saturated rings. The number of alkyl halides is 3. The van der Waals surface area contributed by atoms with Crippen LogP contribution in [0.2, 0.25) is 0 Å². The van der Waals surface area contributed by atoms with Crippen molar-refractivity contribution in [1.82, 2.24) is 10.4 Å². The first-order chi connectivity index (χ1) is 15.7. The summed E-state index contributed by atoms with van der Waals surface area (Å²) in [6.45, 7) is 0. The van der Waals surface area contributed by atoms with Crippen LogP contribution in [0.15, 0.2) is 66.0 Å². The normalized spacial score (nSPS) is 11.3. The van der Waals surface area contributed by atoms with Gasteiger partial charge in [0, 0.05) is 18.5 Å². The van der Waals surface area contributed by atoms with Gasteiger partial charge in [0.1, 0.15) is 0 Å². The first-order valence-electron chi connectivity index (χ1n) is 9.14. The van der Waals surface area contributed by atoms with Crippen LogP contribution in [-0.4, -0.2) is 29.1 Å². The van der Waals surface area contributed by atoms with Gasteiger partial charge in [0.2, 0.25) is 5.75 Å². The van der Waals surface area contributed by atoms with Crippen molar-refractivity contribution in [2.45, 2.75) is 6.18 Å². The third-order valence-electron chi connectivity index (χ3n) is 4.19. The fourth-order valence-corrected chi connectivity index (χ4v) is 2.62. The highest BCUT2D eigenvalue weighted by Gasteiger charge is 2.33. The zero-order valence-electron chi connectivity index (χ0n) is 16.9. The van der Waals surface area contributed by atoms with Crippen molar-refractivity contribution in [2.75, 3.05) is 7.11 Å². The summed E-state index contributed by atoms with van der Waals surface area (Å²) in [6.07, 6.45) is -0.523. The number of nitro groups is 1. The molecule has 0 unspecified atom stereocenters. The number of hydrogen-bond donors (Lipinski definition) is 1. The predicted molar refractivity (Wildman–Crippen MR) is 110 cm³/mol. The van der Waals surface area contributed by atoms with Crippen LogP contribution in [0.3, 0.4) is 0 Å². The molecular formula is C21H15F3N4O5. The number of nitrogens with one attached hydrogen (secondary N) is 1. The van der Waals surface area contributed by atoms with Crippen molar-refractivity contribution in [2.24, 2.45) is 5.10 Å². The van der Waals surface area contributed by atoms with E-state index in [2.05, 4.69) is 15.5 Å². The molecule has 3 aromatic rings. The van der Waals surface area contributed by atoms with E-state index in [4.69, 9.17) is 9.47 Å². The number of benzene rings is 2. The zero-order valence-corrected chi connectivity index (χ0v) is 16.9. The minimum Gasteiger partial charge on any atom is -0.493 e. The number of hydrogen-bond acceptors (Lipinski definition) is 7. The number of carbonyl (C=O) groups excluding carboxylic acids is 1. The van der Waals surface area contributed by atoms with Gasteiger partial charge >= 0.3 is 11.9 Å². The number of halogens is 3. The largest absolute Gasteiger partial charge is 0.493 e. The molecule has 3 rings (SSSR count). The molecule has 0 aliphatic rings. The van der Waals surface area contributed by atoms with E-state index in [1.54, 1.807) is 12.1 Å². The van der Waals surface area contributed by atoms with Gasteiger partial charge < -0.3 is 9.47 Å². The van der Waals surface area contributed by atoms with E-state index in [1.165, 1.54) is 43.9 Å². The molecule has 0 spiro atoms. The molecule has 0 saturated carbocycles. The molecule has 1 N–H and O–H groups in total. The lowest BCUT2D eigenvalue weighted by Crippen LogP contribution is -2.17. The fraction of sp³-hybridized carbons (Fsp3) is 0.0952. The van der Waals surface area contributed by atoms with Crippen molar-refractivity contribution in [3.63, 3.8) is 0 Å². The van der Waals surface area contributed by atoms with Gasteiger partial charge in [-0.1, -0.05) is 0 Å². The standard InChI is InChI=1S/C21H15F3N4O5/c1-32-19-9-13(11-26-27-20(29)14-3-2-8-25-12-14)4-6-18(19)33-17-7-5-15(21(22,23)24)10-16(17)28(30)31/h2-12H,1H3,(H,27,29). The van der Waals surface area contributed by atoms with Gasteiger partial charge in [-0.2, -0.15) is 18.3 Å². The van der Waals surface area contributed by atoms with Gasteiger partial charge in [-0.05, 0) is 48.0 Å². The number of methoxy groups -OCH3 is 1. The second-order valence-electron chi connectivity index (χ2n) is 6.39. The van der Waals surface area contributed by atoms with Gasteiger partial charge in [0.15, 0.2) is 11.5 Å². The smallest absolute Gasteiger partial charge is 0.416 e. The van der Waals surface area contributed by atoms with Crippen molar-refractivity contribution < 1.29 is 32.4 Å². The zero-order chi connectivity index (χ0) is 24.0. The summed E-state index contributed by atoms with van der Waals surface area (Å²) >= 11 is 0. The summed E-state index contributed by atoms with van der Waals surface area (Å²) in [5, 5.41) is 15.1. The molecule has 33 heavy (non-hydrogen) atoms. The van der Waals surface area contributed by atoms with Crippen LogP contribution in [-0.2, 0) is 6.18 Å². The number of nitrogens with zero attached hydrogens (tertiary/aromatic N) is 3. The third kappa shape index (κ3) is 5.81. The molecule has 0 atom stereocenters. The van der Waals surface area contributed by atoms with Crippen LogP contribution < -0.4 is 14.9 Å². The Bertz CT molecular complexity index is 1200. The first kappa shape index (κ1) is 23.2. The molecule has 0 aliphatic heterocycles. The van der Waals surface area contributed by atoms with Gasteiger partial charge in [-0.15, -0.1) is 0 Å². The Labute approximate surface area is 184 Å². The molecule has 1 amide bonds. The monoisotopic (exact) mass is 460 g/mol. The number of hydrazone groups is 1. The summed E-state index contributed by atoms with van der Waals surface area (Å²) in [5.74, 6) is -0.707. The lowest BCUT2D eigenvalue weighted by atomic mass is 10.1. The molecular weight excluding hydrogens is 445 g/mol. The first-order valence-corrected chi connectivity index (χ1v) is 9.14. The van der Waals surface area contributed by atoms with E-state index in [0.717, 1.165) is 6.07 Å². The van der Waals surface area contributed by atoms with Crippen LogP contribution in [0.5, 0.6) is 17.2 Å². The lowest BCUT2D eigenvalue weighted by Gasteiger charge is -2.12. The highest BCUT2D eigenvalue weighted by Crippen LogP contribution is 2.40. The summed E-state index contributed by atoms with van der Waals surface area (Å²) in [6, 6.07) is 9.47. The molecule has 0 saturated heterocycles. The summed E-state index contributed by atoms with van der Waals surface area (Å²) in [7, 11) is 1.31. The van der Waals surface area contributed by atoms with Crippen LogP contribution in [0.25, 0.3) is 0 Å².